The average molecular weight is 440 g/mol. The number of hydrogen-bond donors (Lipinski definition) is 1. The zero-order chi connectivity index (χ0) is 16.8. The van der Waals surface area contributed by atoms with Crippen molar-refractivity contribution >= 4 is 45.3 Å². The molecule has 1 aliphatic heterocycles. The summed E-state index contributed by atoms with van der Waals surface area (Å²) in [6, 6.07) is 0.471. The summed E-state index contributed by atoms with van der Waals surface area (Å²) in [6.07, 6.45) is 5.93. The van der Waals surface area contributed by atoms with E-state index in [1.165, 1.54) is 6.33 Å². The molecule has 0 spiro atoms. The van der Waals surface area contributed by atoms with Gasteiger partial charge in [-0.15, -0.1) is 0 Å². The van der Waals surface area contributed by atoms with Crippen LogP contribution in [0.2, 0.25) is 0 Å². The van der Waals surface area contributed by atoms with Gasteiger partial charge in [0.25, 0.3) is 0 Å². The zero-order valence-corrected chi connectivity index (χ0v) is 15.8. The smallest absolute Gasteiger partial charge is 0.236 e. The van der Waals surface area contributed by atoms with Gasteiger partial charge in [-0.2, -0.15) is 0 Å². The Morgan fingerprint density at radius 1 is 1.33 bits per heavy atom. The molecule has 2 aromatic heterocycles. The monoisotopic (exact) mass is 440 g/mol. The number of aromatic nitrogens is 3. The summed E-state index contributed by atoms with van der Waals surface area (Å²) in [6.45, 7) is 3.40. The number of rotatable bonds is 3. The molecule has 1 aliphatic carbocycles. The molecule has 0 bridgehead atoms. The fourth-order valence-corrected chi connectivity index (χ4v) is 4.56. The molecule has 1 saturated heterocycles. The molecule has 8 heteroatoms. The second kappa shape index (κ2) is 6.14. The molecule has 1 saturated carbocycles. The number of anilines is 1. The van der Waals surface area contributed by atoms with E-state index in [4.69, 9.17) is 5.73 Å². The number of fused-ring (bicyclic) bond motifs is 1. The van der Waals surface area contributed by atoms with Crippen LogP contribution < -0.4 is 5.73 Å². The van der Waals surface area contributed by atoms with E-state index >= 15 is 0 Å². The maximum atomic E-state index is 11.8. The van der Waals surface area contributed by atoms with Crippen molar-refractivity contribution in [1.82, 2.24) is 24.3 Å². The molecule has 0 aromatic carbocycles. The molecule has 0 radical (unpaired) electrons. The molecule has 7 nitrogen and oxygen atoms in total. The van der Waals surface area contributed by atoms with Crippen LogP contribution in [0.5, 0.6) is 0 Å². The van der Waals surface area contributed by atoms with E-state index in [2.05, 4.69) is 48.2 Å². The lowest BCUT2D eigenvalue weighted by Gasteiger charge is -2.41. The van der Waals surface area contributed by atoms with Crippen LogP contribution in [0.3, 0.4) is 0 Å². The van der Waals surface area contributed by atoms with Crippen molar-refractivity contribution in [2.75, 3.05) is 39.0 Å². The van der Waals surface area contributed by atoms with Crippen molar-refractivity contribution in [1.29, 1.82) is 0 Å². The molecule has 2 fully saturated rings. The average Bonchev–Trinajstić information content (AvgIpc) is 2.84. The summed E-state index contributed by atoms with van der Waals surface area (Å²) >= 11 is 2.30. The van der Waals surface area contributed by atoms with Gasteiger partial charge in [0.2, 0.25) is 5.91 Å². The lowest BCUT2D eigenvalue weighted by atomic mass is 9.79. The molecule has 24 heavy (non-hydrogen) atoms. The number of carbonyl (C=O) groups excluding carboxylic acids is 1. The molecule has 1 amide bonds. The van der Waals surface area contributed by atoms with Gasteiger partial charge in [-0.05, 0) is 41.4 Å². The van der Waals surface area contributed by atoms with Crippen LogP contribution in [0.25, 0.3) is 11.0 Å². The Bertz CT molecular complexity index is 784. The highest BCUT2D eigenvalue weighted by molar-refractivity contribution is 14.1. The third kappa shape index (κ3) is 2.75. The van der Waals surface area contributed by atoms with E-state index in [1.807, 2.05) is 11.9 Å². The minimum absolute atomic E-state index is 0.232. The van der Waals surface area contributed by atoms with E-state index in [-0.39, 0.29) is 5.91 Å². The third-order valence-corrected chi connectivity index (χ3v) is 6.07. The Labute approximate surface area is 154 Å². The van der Waals surface area contributed by atoms with Gasteiger partial charge in [0.05, 0.1) is 11.9 Å². The van der Waals surface area contributed by atoms with E-state index in [1.54, 1.807) is 0 Å². The van der Waals surface area contributed by atoms with Gasteiger partial charge in [-0.1, -0.05) is 0 Å². The normalized spacial score (nSPS) is 25.2. The fourth-order valence-electron chi connectivity index (χ4n) is 3.75. The van der Waals surface area contributed by atoms with Crippen LogP contribution in [0.4, 0.5) is 5.82 Å². The van der Waals surface area contributed by atoms with Gasteiger partial charge < -0.3 is 15.2 Å². The van der Waals surface area contributed by atoms with Crippen molar-refractivity contribution < 1.29 is 4.79 Å². The number of amides is 1. The first-order valence-electron chi connectivity index (χ1n) is 8.25. The number of carbonyl (C=O) groups is 1. The summed E-state index contributed by atoms with van der Waals surface area (Å²) in [4.78, 5) is 24.4. The first-order valence-corrected chi connectivity index (χ1v) is 9.33. The lowest BCUT2D eigenvalue weighted by Crippen LogP contribution is -2.50. The van der Waals surface area contributed by atoms with Crippen molar-refractivity contribution in [2.45, 2.75) is 18.9 Å². The summed E-state index contributed by atoms with van der Waals surface area (Å²) in [7, 11) is 1.88. The number of halogens is 1. The first-order chi connectivity index (χ1) is 11.5. The van der Waals surface area contributed by atoms with Gasteiger partial charge in [0.15, 0.2) is 0 Å². The van der Waals surface area contributed by atoms with Gasteiger partial charge >= 0.3 is 0 Å². The predicted molar refractivity (Wildman–Crippen MR) is 100 cm³/mol. The summed E-state index contributed by atoms with van der Waals surface area (Å²) in [5.74, 6) is 1.44. The highest BCUT2D eigenvalue weighted by Gasteiger charge is 2.34. The second-order valence-electron chi connectivity index (χ2n) is 6.88. The molecule has 0 unspecified atom stereocenters. The standard InChI is InChI=1S/C16H21IN6O/c1-21-2-3-22(8-13(21)24)6-10-4-11(5-10)23-7-12(17)14-15(18)19-9-20-16(14)23/h7,9-11H,2-6,8H2,1H3,(H2,18,19,20). The second-order valence-corrected chi connectivity index (χ2v) is 8.05. The van der Waals surface area contributed by atoms with E-state index < -0.39 is 0 Å². The van der Waals surface area contributed by atoms with Crippen molar-refractivity contribution in [3.05, 3.63) is 16.1 Å². The van der Waals surface area contributed by atoms with Gasteiger partial charge in [-0.25, -0.2) is 9.97 Å². The van der Waals surface area contributed by atoms with Gasteiger partial charge in [-0.3, -0.25) is 9.69 Å². The van der Waals surface area contributed by atoms with Gasteiger partial charge in [0.1, 0.15) is 17.8 Å². The molecule has 3 heterocycles. The van der Waals surface area contributed by atoms with Crippen LogP contribution in [0.1, 0.15) is 18.9 Å². The van der Waals surface area contributed by atoms with E-state index in [0.717, 1.165) is 47.1 Å². The SMILES string of the molecule is CN1CCN(CC2CC(n3cc(I)c4c(N)ncnc43)C2)CC1=O. The molecule has 2 aliphatic rings. The van der Waals surface area contributed by atoms with Crippen LogP contribution in [-0.2, 0) is 4.79 Å². The Balaban J connectivity index is 1.41. The first kappa shape index (κ1) is 16.1. The molecule has 2 aromatic rings. The Kier molecular flexibility index (Phi) is 4.11. The zero-order valence-electron chi connectivity index (χ0n) is 13.7. The number of nitrogens with two attached hydrogens (primary N) is 1. The lowest BCUT2D eigenvalue weighted by molar-refractivity contribution is -0.134. The molecule has 128 valence electrons. The Morgan fingerprint density at radius 3 is 2.88 bits per heavy atom. The number of hydrogen-bond acceptors (Lipinski definition) is 5. The van der Waals surface area contributed by atoms with Gasteiger partial charge in [0, 0.05) is 42.5 Å². The fraction of sp³-hybridized carbons (Fsp3) is 0.562. The summed E-state index contributed by atoms with van der Waals surface area (Å²) < 4.78 is 3.36. The van der Waals surface area contributed by atoms with E-state index in [9.17, 15) is 4.79 Å². The third-order valence-electron chi connectivity index (χ3n) is 5.25. The quantitative estimate of drug-likeness (QED) is 0.729. The summed E-state index contributed by atoms with van der Waals surface area (Å²) in [5, 5.41) is 0.964. The molecular formula is C16H21IN6O. The number of nitrogens with zero attached hydrogens (tertiary/aromatic N) is 5. The number of likely N-dealkylation sites (N-methyl/N-ethyl adjacent to an activating group) is 1. The Hall–Kier alpha value is -1.42. The predicted octanol–water partition coefficient (Wildman–Crippen LogP) is 1.34. The van der Waals surface area contributed by atoms with Crippen LogP contribution in [0.15, 0.2) is 12.5 Å². The molecule has 2 N–H and O–H groups in total. The van der Waals surface area contributed by atoms with Crippen molar-refractivity contribution in [3.8, 4) is 0 Å². The van der Waals surface area contributed by atoms with Crippen LogP contribution in [0, 0.1) is 9.49 Å². The number of piperazine rings is 1. The number of nitrogen functional groups attached to an aromatic ring is 1. The minimum Gasteiger partial charge on any atom is -0.383 e. The van der Waals surface area contributed by atoms with Crippen molar-refractivity contribution in [2.24, 2.45) is 5.92 Å². The Morgan fingerprint density at radius 2 is 2.12 bits per heavy atom. The minimum atomic E-state index is 0.232. The highest BCUT2D eigenvalue weighted by atomic mass is 127. The molecular weight excluding hydrogens is 419 g/mol. The summed E-state index contributed by atoms with van der Waals surface area (Å²) in [5.41, 5.74) is 6.93. The van der Waals surface area contributed by atoms with Crippen LogP contribution in [-0.4, -0.2) is 63.5 Å². The van der Waals surface area contributed by atoms with E-state index in [0.29, 0.717) is 24.3 Å². The molecule has 0 atom stereocenters. The topological polar surface area (TPSA) is 80.3 Å². The van der Waals surface area contributed by atoms with Crippen molar-refractivity contribution in [3.63, 3.8) is 0 Å². The maximum absolute atomic E-state index is 11.8. The largest absolute Gasteiger partial charge is 0.383 e. The van der Waals surface area contributed by atoms with Crippen LogP contribution >= 0.6 is 22.6 Å². The highest BCUT2D eigenvalue weighted by Crippen LogP contribution is 2.41. The molecule has 4 rings (SSSR count). The maximum Gasteiger partial charge on any atom is 0.236 e.